The molecule has 0 heterocycles. The molecule has 2 aromatic rings. The fraction of sp³-hybridized carbons (Fsp3) is 0.294. The van der Waals surface area contributed by atoms with Crippen molar-refractivity contribution < 1.29 is 13.9 Å². The number of hydrogen-bond donors (Lipinski definition) is 1. The van der Waals surface area contributed by atoms with Gasteiger partial charge in [0.2, 0.25) is 0 Å². The summed E-state index contributed by atoms with van der Waals surface area (Å²) in [5.74, 6) is -3.28. The molecule has 0 aromatic heterocycles. The number of halogens is 3. The van der Waals surface area contributed by atoms with E-state index < -0.39 is 18.4 Å². The van der Waals surface area contributed by atoms with Gasteiger partial charge >= 0.3 is 0 Å². The highest BCUT2D eigenvalue weighted by Crippen LogP contribution is 2.35. The third-order valence-electron chi connectivity index (χ3n) is 3.43. The van der Waals surface area contributed by atoms with Gasteiger partial charge in [0.25, 0.3) is 5.92 Å². The molecule has 5 heteroatoms. The van der Waals surface area contributed by atoms with Crippen LogP contribution < -0.4 is 4.90 Å². The maximum absolute atomic E-state index is 14.3. The summed E-state index contributed by atoms with van der Waals surface area (Å²) in [6.07, 6.45) is -2.43. The van der Waals surface area contributed by atoms with Gasteiger partial charge in [0.15, 0.2) is 0 Å². The third kappa shape index (κ3) is 3.96. The normalized spacial score (nSPS) is 13.0. The molecule has 2 rings (SSSR count). The van der Waals surface area contributed by atoms with Gasteiger partial charge in [0.1, 0.15) is 6.10 Å². The molecule has 0 amide bonds. The van der Waals surface area contributed by atoms with E-state index in [1.54, 1.807) is 30.3 Å². The Morgan fingerprint density at radius 2 is 1.82 bits per heavy atom. The first-order valence-corrected chi connectivity index (χ1v) is 7.25. The molecule has 22 heavy (non-hydrogen) atoms. The molecule has 1 unspecified atom stereocenters. The summed E-state index contributed by atoms with van der Waals surface area (Å²) in [5.41, 5.74) is 1.42. The fourth-order valence-electron chi connectivity index (χ4n) is 2.23. The van der Waals surface area contributed by atoms with Crippen molar-refractivity contribution in [2.24, 2.45) is 0 Å². The smallest absolute Gasteiger partial charge is 0.281 e. The van der Waals surface area contributed by atoms with Gasteiger partial charge in [-0.15, -0.1) is 0 Å². The van der Waals surface area contributed by atoms with Crippen LogP contribution in [0.1, 0.15) is 17.2 Å². The quantitative estimate of drug-likeness (QED) is 0.885. The van der Waals surface area contributed by atoms with E-state index in [0.717, 1.165) is 5.69 Å². The first-order chi connectivity index (χ1) is 10.3. The molecule has 118 valence electrons. The zero-order valence-electron chi connectivity index (χ0n) is 12.4. The molecule has 2 nitrogen and oxygen atoms in total. The molecule has 0 saturated carbocycles. The van der Waals surface area contributed by atoms with Crippen LogP contribution in [0.15, 0.2) is 48.5 Å². The molecule has 0 spiro atoms. The maximum Gasteiger partial charge on any atom is 0.281 e. The summed E-state index contributed by atoms with van der Waals surface area (Å²) in [6.45, 7) is 0. The van der Waals surface area contributed by atoms with Crippen LogP contribution in [0.5, 0.6) is 0 Å². The summed E-state index contributed by atoms with van der Waals surface area (Å²) >= 11 is 5.79. The van der Waals surface area contributed by atoms with Crippen molar-refractivity contribution >= 4 is 17.3 Å². The van der Waals surface area contributed by atoms with Crippen molar-refractivity contribution in [3.8, 4) is 0 Å². The largest absolute Gasteiger partial charge is 0.382 e. The zero-order valence-corrected chi connectivity index (χ0v) is 13.2. The third-order valence-corrected chi connectivity index (χ3v) is 3.67. The Morgan fingerprint density at radius 1 is 1.14 bits per heavy atom. The van der Waals surface area contributed by atoms with Crippen molar-refractivity contribution in [2.45, 2.75) is 18.4 Å². The number of rotatable bonds is 5. The second kappa shape index (κ2) is 6.63. The highest BCUT2D eigenvalue weighted by Gasteiger charge is 2.39. The Labute approximate surface area is 134 Å². The SMILES string of the molecule is CN(C)c1cccc(CC(F)(F)C(O)c2cccc(Cl)c2)c1. The van der Waals surface area contributed by atoms with Crippen LogP contribution in [-0.4, -0.2) is 25.1 Å². The van der Waals surface area contributed by atoms with Crippen LogP contribution in [0.3, 0.4) is 0 Å². The first-order valence-electron chi connectivity index (χ1n) is 6.87. The molecule has 0 fully saturated rings. The van der Waals surface area contributed by atoms with E-state index in [1.807, 2.05) is 25.1 Å². The van der Waals surface area contributed by atoms with Gasteiger partial charge in [-0.3, -0.25) is 0 Å². The van der Waals surface area contributed by atoms with Gasteiger partial charge in [-0.1, -0.05) is 35.9 Å². The van der Waals surface area contributed by atoms with Crippen LogP contribution in [0.25, 0.3) is 0 Å². The van der Waals surface area contributed by atoms with Crippen molar-refractivity contribution in [3.63, 3.8) is 0 Å². The van der Waals surface area contributed by atoms with Gasteiger partial charge < -0.3 is 10.0 Å². The van der Waals surface area contributed by atoms with E-state index in [-0.39, 0.29) is 5.56 Å². The molecule has 0 aliphatic rings. The summed E-state index contributed by atoms with van der Waals surface area (Å²) in [4.78, 5) is 1.84. The fourth-order valence-corrected chi connectivity index (χ4v) is 2.43. The Kier molecular flexibility index (Phi) is 5.04. The Morgan fingerprint density at radius 3 is 2.45 bits per heavy atom. The predicted octanol–water partition coefficient (Wildman–Crippen LogP) is 4.32. The molecule has 1 atom stereocenters. The molecule has 0 saturated heterocycles. The molecular weight excluding hydrogens is 308 g/mol. The highest BCUT2D eigenvalue weighted by molar-refractivity contribution is 6.30. The highest BCUT2D eigenvalue weighted by atomic mass is 35.5. The van der Waals surface area contributed by atoms with E-state index in [1.165, 1.54) is 12.1 Å². The van der Waals surface area contributed by atoms with Gasteiger partial charge in [-0.25, -0.2) is 8.78 Å². The average molecular weight is 326 g/mol. The molecule has 0 aliphatic heterocycles. The summed E-state index contributed by atoms with van der Waals surface area (Å²) in [6, 6.07) is 12.8. The van der Waals surface area contributed by atoms with Crippen LogP contribution in [0.4, 0.5) is 14.5 Å². The number of aliphatic hydroxyl groups excluding tert-OH is 1. The summed E-state index contributed by atoms with van der Waals surface area (Å²) < 4.78 is 28.7. The zero-order chi connectivity index (χ0) is 16.3. The Hall–Kier alpha value is -1.65. The van der Waals surface area contributed by atoms with Crippen molar-refractivity contribution in [2.75, 3.05) is 19.0 Å². The van der Waals surface area contributed by atoms with Crippen LogP contribution in [0.2, 0.25) is 5.02 Å². The van der Waals surface area contributed by atoms with Crippen LogP contribution >= 0.6 is 11.6 Å². The Balaban J connectivity index is 2.21. The average Bonchev–Trinajstić information content (AvgIpc) is 2.46. The number of alkyl halides is 2. The van der Waals surface area contributed by atoms with Crippen LogP contribution in [0, 0.1) is 0 Å². The van der Waals surface area contributed by atoms with Crippen molar-refractivity contribution in [3.05, 3.63) is 64.7 Å². The lowest BCUT2D eigenvalue weighted by Gasteiger charge is -2.24. The minimum atomic E-state index is -3.28. The monoisotopic (exact) mass is 325 g/mol. The van der Waals surface area contributed by atoms with Crippen molar-refractivity contribution in [1.82, 2.24) is 0 Å². The first kappa shape index (κ1) is 16.7. The minimum Gasteiger partial charge on any atom is -0.382 e. The predicted molar refractivity (Wildman–Crippen MR) is 85.8 cm³/mol. The number of benzene rings is 2. The molecule has 0 aliphatic carbocycles. The Bertz CT molecular complexity index is 646. The number of nitrogens with zero attached hydrogens (tertiary/aromatic N) is 1. The van der Waals surface area contributed by atoms with E-state index in [9.17, 15) is 13.9 Å². The summed E-state index contributed by atoms with van der Waals surface area (Å²) in [5, 5.41) is 10.3. The van der Waals surface area contributed by atoms with E-state index >= 15 is 0 Å². The molecule has 2 aromatic carbocycles. The lowest BCUT2D eigenvalue weighted by atomic mass is 9.97. The second-order valence-corrected chi connectivity index (χ2v) is 5.90. The molecule has 0 radical (unpaired) electrons. The molecular formula is C17H18ClF2NO. The lowest BCUT2D eigenvalue weighted by molar-refractivity contribution is -0.109. The number of anilines is 1. The standard InChI is InChI=1S/C17H18ClF2NO/c1-21(2)15-8-3-5-12(9-15)11-17(19,20)16(22)13-6-4-7-14(18)10-13/h3-10,16,22H,11H2,1-2H3. The molecule has 0 bridgehead atoms. The van der Waals surface area contributed by atoms with E-state index in [4.69, 9.17) is 11.6 Å². The lowest BCUT2D eigenvalue weighted by Crippen LogP contribution is -2.29. The summed E-state index contributed by atoms with van der Waals surface area (Å²) in [7, 11) is 3.69. The number of hydrogen-bond acceptors (Lipinski definition) is 2. The minimum absolute atomic E-state index is 0.112. The topological polar surface area (TPSA) is 23.5 Å². The van der Waals surface area contributed by atoms with Gasteiger partial charge in [-0.2, -0.15) is 0 Å². The van der Waals surface area contributed by atoms with E-state index in [0.29, 0.717) is 10.6 Å². The van der Waals surface area contributed by atoms with E-state index in [2.05, 4.69) is 0 Å². The van der Waals surface area contributed by atoms with Gasteiger partial charge in [0, 0.05) is 31.2 Å². The van der Waals surface area contributed by atoms with Crippen LogP contribution in [-0.2, 0) is 6.42 Å². The maximum atomic E-state index is 14.3. The van der Waals surface area contributed by atoms with Crippen molar-refractivity contribution in [1.29, 1.82) is 0 Å². The second-order valence-electron chi connectivity index (χ2n) is 5.46. The number of aliphatic hydroxyl groups is 1. The van der Waals surface area contributed by atoms with Gasteiger partial charge in [0.05, 0.1) is 0 Å². The molecule has 1 N–H and O–H groups in total. The van der Waals surface area contributed by atoms with Gasteiger partial charge in [-0.05, 0) is 35.4 Å².